The van der Waals surface area contributed by atoms with Crippen molar-refractivity contribution in [2.24, 2.45) is 17.1 Å². The molecule has 0 radical (unpaired) electrons. The molecule has 4 nitrogen and oxygen atoms in total. The molecule has 2 rings (SSSR count). The minimum Gasteiger partial charge on any atom is -0.468 e. The van der Waals surface area contributed by atoms with Crippen LogP contribution < -0.4 is 5.73 Å². The lowest BCUT2D eigenvalue weighted by Gasteiger charge is -2.42. The van der Waals surface area contributed by atoms with Crippen molar-refractivity contribution in [2.45, 2.75) is 83.5 Å². The summed E-state index contributed by atoms with van der Waals surface area (Å²) in [5, 5.41) is 0. The fourth-order valence-corrected chi connectivity index (χ4v) is 4.39. The summed E-state index contributed by atoms with van der Waals surface area (Å²) >= 11 is 0. The largest absolute Gasteiger partial charge is 0.468 e. The second-order valence-corrected chi connectivity index (χ2v) is 8.04. The predicted octanol–water partition coefficient (Wildman–Crippen LogP) is 3.03. The first kappa shape index (κ1) is 16.8. The molecule has 0 bridgehead atoms. The molecule has 0 aliphatic heterocycles. The Balaban J connectivity index is 1.95. The van der Waals surface area contributed by atoms with Gasteiger partial charge in [-0.2, -0.15) is 0 Å². The lowest BCUT2D eigenvalue weighted by molar-refractivity contribution is -0.153. The first-order valence-corrected chi connectivity index (χ1v) is 8.27. The number of esters is 1. The van der Waals surface area contributed by atoms with Crippen LogP contribution in [0.2, 0.25) is 0 Å². The molecule has 4 atom stereocenters. The van der Waals surface area contributed by atoms with Gasteiger partial charge < -0.3 is 15.2 Å². The topological polar surface area (TPSA) is 61.5 Å². The summed E-state index contributed by atoms with van der Waals surface area (Å²) in [6, 6.07) is 0. The molecule has 0 spiro atoms. The van der Waals surface area contributed by atoms with Gasteiger partial charge in [0.25, 0.3) is 0 Å². The Morgan fingerprint density at radius 2 is 1.90 bits per heavy atom. The number of carbonyl (C=O) groups excluding carboxylic acids is 1. The van der Waals surface area contributed by atoms with Crippen molar-refractivity contribution in [3.8, 4) is 0 Å². The molecule has 0 saturated heterocycles. The lowest BCUT2D eigenvalue weighted by atomic mass is 9.71. The van der Waals surface area contributed by atoms with Crippen molar-refractivity contribution >= 4 is 5.97 Å². The summed E-state index contributed by atoms with van der Waals surface area (Å²) in [4.78, 5) is 11.9. The molecule has 4 heteroatoms. The van der Waals surface area contributed by atoms with Gasteiger partial charge in [0.2, 0.25) is 0 Å². The van der Waals surface area contributed by atoms with E-state index < -0.39 is 5.54 Å². The SMILES string of the molecule is COC(=O)C1(N)CCCC(OC2CC(C)CC(C)(C)C2)C1. The molecule has 2 saturated carbocycles. The fourth-order valence-electron chi connectivity index (χ4n) is 4.39. The zero-order chi connectivity index (χ0) is 15.7. The minimum atomic E-state index is -0.854. The van der Waals surface area contributed by atoms with Gasteiger partial charge in [0.1, 0.15) is 5.54 Å². The highest BCUT2D eigenvalue weighted by molar-refractivity contribution is 5.80. The van der Waals surface area contributed by atoms with Crippen LogP contribution in [0.5, 0.6) is 0 Å². The van der Waals surface area contributed by atoms with Crippen LogP contribution in [-0.4, -0.2) is 30.8 Å². The van der Waals surface area contributed by atoms with Crippen molar-refractivity contribution in [1.82, 2.24) is 0 Å². The van der Waals surface area contributed by atoms with E-state index in [2.05, 4.69) is 20.8 Å². The van der Waals surface area contributed by atoms with Crippen molar-refractivity contribution < 1.29 is 14.3 Å². The number of rotatable bonds is 3. The number of methoxy groups -OCH3 is 1. The van der Waals surface area contributed by atoms with Gasteiger partial charge in [0.15, 0.2) is 0 Å². The van der Waals surface area contributed by atoms with Crippen LogP contribution in [-0.2, 0) is 14.3 Å². The standard InChI is InChI=1S/C17H31NO3/c1-12-8-14(10-16(2,3)9-12)21-13-6-5-7-17(18,11-13)15(19)20-4/h12-14H,5-11,18H2,1-4H3. The van der Waals surface area contributed by atoms with Crippen molar-refractivity contribution in [3.05, 3.63) is 0 Å². The molecule has 2 fully saturated rings. The van der Waals surface area contributed by atoms with E-state index in [0.717, 1.165) is 25.7 Å². The molecular formula is C17H31NO3. The van der Waals surface area contributed by atoms with E-state index in [1.807, 2.05) is 0 Å². The zero-order valence-corrected chi connectivity index (χ0v) is 14.0. The molecule has 2 aliphatic rings. The summed E-state index contributed by atoms with van der Waals surface area (Å²) in [5.74, 6) is 0.402. The molecule has 0 aromatic heterocycles. The molecule has 0 aromatic carbocycles. The Morgan fingerprint density at radius 1 is 1.19 bits per heavy atom. The second kappa shape index (κ2) is 6.25. The van der Waals surface area contributed by atoms with Crippen LogP contribution in [0.1, 0.15) is 65.7 Å². The van der Waals surface area contributed by atoms with E-state index in [1.165, 1.54) is 13.5 Å². The Hall–Kier alpha value is -0.610. The first-order chi connectivity index (χ1) is 9.74. The third kappa shape index (κ3) is 4.19. The Bertz CT molecular complexity index is 382. The van der Waals surface area contributed by atoms with E-state index >= 15 is 0 Å². The van der Waals surface area contributed by atoms with Gasteiger partial charge in [0, 0.05) is 6.42 Å². The number of carbonyl (C=O) groups is 1. The van der Waals surface area contributed by atoms with Gasteiger partial charge in [0.05, 0.1) is 19.3 Å². The monoisotopic (exact) mass is 297 g/mol. The Labute approximate surface area is 128 Å². The van der Waals surface area contributed by atoms with E-state index in [-0.39, 0.29) is 12.1 Å². The van der Waals surface area contributed by atoms with Crippen LogP contribution in [0.15, 0.2) is 0 Å². The number of nitrogens with two attached hydrogens (primary N) is 1. The maximum Gasteiger partial charge on any atom is 0.325 e. The Kier molecular flexibility index (Phi) is 4.99. The van der Waals surface area contributed by atoms with Gasteiger partial charge in [-0.1, -0.05) is 20.8 Å². The maximum atomic E-state index is 11.9. The van der Waals surface area contributed by atoms with E-state index in [0.29, 0.717) is 30.3 Å². The summed E-state index contributed by atoms with van der Waals surface area (Å²) in [6.45, 7) is 6.95. The predicted molar refractivity (Wildman–Crippen MR) is 82.9 cm³/mol. The van der Waals surface area contributed by atoms with Crippen LogP contribution in [0.3, 0.4) is 0 Å². The van der Waals surface area contributed by atoms with Crippen molar-refractivity contribution in [1.29, 1.82) is 0 Å². The lowest BCUT2D eigenvalue weighted by Crippen LogP contribution is -2.54. The number of hydrogen-bond donors (Lipinski definition) is 1. The van der Waals surface area contributed by atoms with Crippen molar-refractivity contribution in [3.63, 3.8) is 0 Å². The quantitative estimate of drug-likeness (QED) is 0.813. The molecule has 4 unspecified atom stereocenters. The molecule has 2 N–H and O–H groups in total. The third-order valence-corrected chi connectivity index (χ3v) is 5.06. The normalized spacial score (nSPS) is 39.8. The zero-order valence-electron chi connectivity index (χ0n) is 14.0. The minimum absolute atomic E-state index is 0.0916. The molecule has 0 heterocycles. The summed E-state index contributed by atoms with van der Waals surface area (Å²) in [6.07, 6.45) is 7.10. The van der Waals surface area contributed by atoms with Crippen LogP contribution in [0.4, 0.5) is 0 Å². The first-order valence-electron chi connectivity index (χ1n) is 8.27. The molecule has 0 amide bonds. The summed E-state index contributed by atoms with van der Waals surface area (Å²) in [5.41, 5.74) is 5.73. The van der Waals surface area contributed by atoms with Gasteiger partial charge in [-0.05, 0) is 49.9 Å². The highest BCUT2D eigenvalue weighted by Gasteiger charge is 2.42. The molecule has 21 heavy (non-hydrogen) atoms. The van der Waals surface area contributed by atoms with Crippen LogP contribution >= 0.6 is 0 Å². The van der Waals surface area contributed by atoms with Gasteiger partial charge in [-0.15, -0.1) is 0 Å². The van der Waals surface area contributed by atoms with Gasteiger partial charge in [-0.3, -0.25) is 4.79 Å². The molecule has 0 aromatic rings. The van der Waals surface area contributed by atoms with Crippen LogP contribution in [0.25, 0.3) is 0 Å². The number of hydrogen-bond acceptors (Lipinski definition) is 4. The van der Waals surface area contributed by atoms with Gasteiger partial charge >= 0.3 is 5.97 Å². The second-order valence-electron chi connectivity index (χ2n) is 8.04. The highest BCUT2D eigenvalue weighted by Crippen LogP contribution is 2.41. The number of ether oxygens (including phenoxy) is 2. The third-order valence-electron chi connectivity index (χ3n) is 5.06. The van der Waals surface area contributed by atoms with E-state index in [1.54, 1.807) is 0 Å². The molecule has 2 aliphatic carbocycles. The van der Waals surface area contributed by atoms with E-state index in [9.17, 15) is 4.79 Å². The van der Waals surface area contributed by atoms with Crippen molar-refractivity contribution in [2.75, 3.05) is 7.11 Å². The van der Waals surface area contributed by atoms with Crippen LogP contribution in [0, 0.1) is 11.3 Å². The average Bonchev–Trinajstić information content (AvgIpc) is 2.35. The smallest absolute Gasteiger partial charge is 0.325 e. The molecular weight excluding hydrogens is 266 g/mol. The summed E-state index contributed by atoms with van der Waals surface area (Å²) < 4.78 is 11.2. The average molecular weight is 297 g/mol. The molecule has 122 valence electrons. The highest BCUT2D eigenvalue weighted by atomic mass is 16.5. The summed E-state index contributed by atoms with van der Waals surface area (Å²) in [7, 11) is 1.41. The fraction of sp³-hybridized carbons (Fsp3) is 0.941. The van der Waals surface area contributed by atoms with Gasteiger partial charge in [-0.25, -0.2) is 0 Å². The Morgan fingerprint density at radius 3 is 2.52 bits per heavy atom. The van der Waals surface area contributed by atoms with E-state index in [4.69, 9.17) is 15.2 Å². The maximum absolute atomic E-state index is 11.9.